The van der Waals surface area contributed by atoms with E-state index < -0.39 is 35.9 Å². The van der Waals surface area contributed by atoms with Crippen LogP contribution in [-0.4, -0.2) is 61.3 Å². The summed E-state index contributed by atoms with van der Waals surface area (Å²) >= 11 is 0. The number of carbonyl (C=O) groups excluding carboxylic acids is 4. The van der Waals surface area contributed by atoms with E-state index in [4.69, 9.17) is 4.74 Å². The van der Waals surface area contributed by atoms with Gasteiger partial charge in [-0.1, -0.05) is 30.3 Å². The third-order valence-corrected chi connectivity index (χ3v) is 4.19. The normalized spacial score (nSPS) is 19.9. The van der Waals surface area contributed by atoms with Crippen LogP contribution in [-0.2, 0) is 30.5 Å². The summed E-state index contributed by atoms with van der Waals surface area (Å²) in [6, 6.07) is 7.14. The molecule has 9 nitrogen and oxygen atoms in total. The molecular formula is C19H26N4O5. The van der Waals surface area contributed by atoms with Crippen LogP contribution in [0.15, 0.2) is 30.3 Å². The Hall–Kier alpha value is -2.78. The molecule has 1 aliphatic heterocycles. The number of ether oxygens (including phenoxy) is 1. The van der Waals surface area contributed by atoms with Crippen molar-refractivity contribution in [2.24, 2.45) is 0 Å². The molecular weight excluding hydrogens is 364 g/mol. The fourth-order valence-electron chi connectivity index (χ4n) is 2.63. The van der Waals surface area contributed by atoms with Crippen molar-refractivity contribution in [1.29, 1.82) is 0 Å². The molecule has 1 aromatic carbocycles. The lowest BCUT2D eigenvalue weighted by Crippen LogP contribution is -2.64. The maximum Gasteiger partial charge on any atom is 0.324 e. The largest absolute Gasteiger partial charge is 0.460 e. The zero-order valence-electron chi connectivity index (χ0n) is 16.0. The summed E-state index contributed by atoms with van der Waals surface area (Å²) in [4.78, 5) is 47.4. The summed E-state index contributed by atoms with van der Waals surface area (Å²) in [6.07, 6.45) is 0. The minimum atomic E-state index is -0.806. The van der Waals surface area contributed by atoms with Gasteiger partial charge >= 0.3 is 5.97 Å². The second kappa shape index (κ2) is 10.5. The van der Waals surface area contributed by atoms with Crippen LogP contribution in [0.5, 0.6) is 0 Å². The van der Waals surface area contributed by atoms with Crippen molar-refractivity contribution in [3.63, 3.8) is 0 Å². The van der Waals surface area contributed by atoms with E-state index in [2.05, 4.69) is 21.3 Å². The summed E-state index contributed by atoms with van der Waals surface area (Å²) in [5, 5.41) is 11.0. The average Bonchev–Trinajstić information content (AvgIpc) is 2.70. The van der Waals surface area contributed by atoms with Gasteiger partial charge in [0, 0.05) is 13.1 Å². The Morgan fingerprint density at radius 1 is 1.14 bits per heavy atom. The third kappa shape index (κ3) is 6.75. The van der Waals surface area contributed by atoms with E-state index in [1.165, 1.54) is 13.8 Å². The summed E-state index contributed by atoms with van der Waals surface area (Å²) < 4.78 is 5.30. The molecule has 1 aromatic rings. The van der Waals surface area contributed by atoms with Crippen molar-refractivity contribution in [2.75, 3.05) is 19.6 Å². The molecule has 2 unspecified atom stereocenters. The molecule has 0 bridgehead atoms. The number of benzene rings is 1. The van der Waals surface area contributed by atoms with Gasteiger partial charge in [0.05, 0.1) is 12.6 Å². The third-order valence-electron chi connectivity index (χ3n) is 4.19. The van der Waals surface area contributed by atoms with Gasteiger partial charge in [-0.15, -0.1) is 0 Å². The van der Waals surface area contributed by atoms with Crippen molar-refractivity contribution >= 4 is 23.6 Å². The maximum absolute atomic E-state index is 12.4. The predicted octanol–water partition coefficient (Wildman–Crippen LogP) is -1.13. The van der Waals surface area contributed by atoms with E-state index in [0.29, 0.717) is 13.1 Å². The van der Waals surface area contributed by atoms with E-state index in [0.717, 1.165) is 5.56 Å². The highest BCUT2D eigenvalue weighted by Gasteiger charge is 2.32. The van der Waals surface area contributed by atoms with E-state index in [1.54, 1.807) is 0 Å². The number of piperazine rings is 1. The molecule has 0 saturated carbocycles. The van der Waals surface area contributed by atoms with E-state index in [1.807, 2.05) is 30.3 Å². The molecule has 28 heavy (non-hydrogen) atoms. The van der Waals surface area contributed by atoms with Crippen LogP contribution in [0.4, 0.5) is 0 Å². The molecule has 9 heteroatoms. The number of esters is 1. The monoisotopic (exact) mass is 390 g/mol. The highest BCUT2D eigenvalue weighted by molar-refractivity contribution is 5.92. The number of carbonyl (C=O) groups is 4. The summed E-state index contributed by atoms with van der Waals surface area (Å²) in [6.45, 7) is 3.61. The van der Waals surface area contributed by atoms with Crippen LogP contribution >= 0.6 is 0 Å². The smallest absolute Gasteiger partial charge is 0.324 e. The molecule has 0 aliphatic carbocycles. The molecule has 2 rings (SSSR count). The summed E-state index contributed by atoms with van der Waals surface area (Å²) in [5.74, 6) is -1.51. The fraction of sp³-hybridized carbons (Fsp3) is 0.474. The standard InChI is InChI=1S/C19H26N4O5/c1-12(24)8-21-17(25)13(2)22-18(26)15-9-20-10-16(23-15)19(27)28-11-14-6-4-3-5-7-14/h3-7,13,15-16,20,23H,8-11H2,1-2H3,(H,21,25)(H,22,26)/t13-,15?,16?/m0/s1. The zero-order chi connectivity index (χ0) is 20.5. The number of Topliss-reactive ketones (excluding diaryl/α,β-unsaturated/α-hetero) is 1. The Morgan fingerprint density at radius 3 is 2.50 bits per heavy atom. The molecule has 0 spiro atoms. The molecule has 1 saturated heterocycles. The van der Waals surface area contributed by atoms with Crippen molar-refractivity contribution < 1.29 is 23.9 Å². The lowest BCUT2D eigenvalue weighted by molar-refractivity contribution is -0.148. The van der Waals surface area contributed by atoms with Gasteiger partial charge in [0.1, 0.15) is 24.5 Å². The van der Waals surface area contributed by atoms with Crippen LogP contribution in [0.1, 0.15) is 19.4 Å². The van der Waals surface area contributed by atoms with Gasteiger partial charge in [-0.05, 0) is 19.4 Å². The second-order valence-corrected chi connectivity index (χ2v) is 6.67. The van der Waals surface area contributed by atoms with Crippen LogP contribution < -0.4 is 21.3 Å². The van der Waals surface area contributed by atoms with Crippen LogP contribution in [0.25, 0.3) is 0 Å². The van der Waals surface area contributed by atoms with Crippen LogP contribution in [0, 0.1) is 0 Å². The first-order valence-corrected chi connectivity index (χ1v) is 9.11. The summed E-state index contributed by atoms with van der Waals surface area (Å²) in [7, 11) is 0. The second-order valence-electron chi connectivity index (χ2n) is 6.67. The van der Waals surface area contributed by atoms with E-state index in [-0.39, 0.29) is 18.9 Å². The fourth-order valence-corrected chi connectivity index (χ4v) is 2.63. The number of rotatable bonds is 8. The zero-order valence-corrected chi connectivity index (χ0v) is 16.0. The SMILES string of the molecule is CC(=O)CNC(=O)[C@H](C)NC(=O)C1CNCC(C(=O)OCc2ccccc2)N1. The number of ketones is 1. The lowest BCUT2D eigenvalue weighted by atomic mass is 10.1. The molecule has 152 valence electrons. The lowest BCUT2D eigenvalue weighted by Gasteiger charge is -2.30. The number of hydrogen-bond donors (Lipinski definition) is 4. The minimum Gasteiger partial charge on any atom is -0.460 e. The Labute approximate surface area is 163 Å². The van der Waals surface area contributed by atoms with E-state index >= 15 is 0 Å². The molecule has 1 aliphatic rings. The van der Waals surface area contributed by atoms with Crippen molar-refractivity contribution in [3.05, 3.63) is 35.9 Å². The number of hydrogen-bond acceptors (Lipinski definition) is 7. The average molecular weight is 390 g/mol. The van der Waals surface area contributed by atoms with Gasteiger partial charge in [0.25, 0.3) is 0 Å². The number of nitrogens with one attached hydrogen (secondary N) is 4. The van der Waals surface area contributed by atoms with Crippen molar-refractivity contribution in [3.8, 4) is 0 Å². The molecule has 2 amide bonds. The Bertz CT molecular complexity index is 710. The maximum atomic E-state index is 12.4. The van der Waals surface area contributed by atoms with Crippen molar-refractivity contribution in [1.82, 2.24) is 21.3 Å². The molecule has 0 aromatic heterocycles. The molecule has 0 radical (unpaired) electrons. The van der Waals surface area contributed by atoms with E-state index in [9.17, 15) is 19.2 Å². The highest BCUT2D eigenvalue weighted by Crippen LogP contribution is 2.04. The van der Waals surface area contributed by atoms with Crippen LogP contribution in [0.2, 0.25) is 0 Å². The molecule has 3 atom stereocenters. The van der Waals surface area contributed by atoms with Gasteiger partial charge in [-0.25, -0.2) is 0 Å². The van der Waals surface area contributed by atoms with Gasteiger partial charge in [-0.3, -0.25) is 24.5 Å². The topological polar surface area (TPSA) is 126 Å². The van der Waals surface area contributed by atoms with Gasteiger partial charge in [0.2, 0.25) is 11.8 Å². The first kappa shape index (κ1) is 21.5. The number of amides is 2. The predicted molar refractivity (Wildman–Crippen MR) is 101 cm³/mol. The van der Waals surface area contributed by atoms with Crippen molar-refractivity contribution in [2.45, 2.75) is 38.6 Å². The van der Waals surface area contributed by atoms with Crippen LogP contribution in [0.3, 0.4) is 0 Å². The molecule has 4 N–H and O–H groups in total. The van der Waals surface area contributed by atoms with Gasteiger partial charge in [0.15, 0.2) is 0 Å². The minimum absolute atomic E-state index is 0.0857. The highest BCUT2D eigenvalue weighted by atomic mass is 16.5. The molecule has 1 fully saturated rings. The van der Waals surface area contributed by atoms with Gasteiger partial charge in [-0.2, -0.15) is 0 Å². The Kier molecular flexibility index (Phi) is 8.09. The van der Waals surface area contributed by atoms with Gasteiger partial charge < -0.3 is 20.7 Å². The quantitative estimate of drug-likeness (QED) is 0.414. The first-order chi connectivity index (χ1) is 13.4. The molecule has 1 heterocycles. The first-order valence-electron chi connectivity index (χ1n) is 9.11. The Balaban J connectivity index is 1.80. The Morgan fingerprint density at radius 2 is 1.82 bits per heavy atom. The summed E-state index contributed by atoms with van der Waals surface area (Å²) in [5.41, 5.74) is 0.874.